The van der Waals surface area contributed by atoms with Crippen LogP contribution in [0.1, 0.15) is 5.56 Å². The molecule has 0 aliphatic carbocycles. The first-order valence-electron chi connectivity index (χ1n) is 5.38. The molecule has 1 atom stereocenters. The highest BCUT2D eigenvalue weighted by Gasteiger charge is 2.22. The lowest BCUT2D eigenvalue weighted by atomic mass is 10.1. The quantitative estimate of drug-likeness (QED) is 0.843. The molecule has 2 N–H and O–H groups in total. The van der Waals surface area contributed by atoms with E-state index in [2.05, 4.69) is 4.74 Å². The summed E-state index contributed by atoms with van der Waals surface area (Å²) in [4.78, 5) is 11.3. The number of carbonyl (C=O) groups is 1. The molecule has 1 unspecified atom stereocenters. The third kappa shape index (κ3) is 3.43. The van der Waals surface area contributed by atoms with Crippen molar-refractivity contribution in [2.24, 2.45) is 5.73 Å². The Hall–Kier alpha value is -1.17. The molecule has 0 bridgehead atoms. The Kier molecular flexibility index (Phi) is 5.72. The van der Waals surface area contributed by atoms with Crippen molar-refractivity contribution < 1.29 is 19.0 Å². The van der Waals surface area contributed by atoms with Crippen LogP contribution in [-0.2, 0) is 16.0 Å². The Balaban J connectivity index is 3.18. The smallest absolute Gasteiger partial charge is 0.322 e. The van der Waals surface area contributed by atoms with Gasteiger partial charge in [0.25, 0.3) is 0 Å². The van der Waals surface area contributed by atoms with Crippen LogP contribution in [0, 0.1) is 0 Å². The van der Waals surface area contributed by atoms with Crippen LogP contribution in [0.4, 0.5) is 0 Å². The highest BCUT2D eigenvalue weighted by atomic mass is 35.5. The summed E-state index contributed by atoms with van der Waals surface area (Å²) in [6.45, 7) is 0. The van der Waals surface area contributed by atoms with Gasteiger partial charge in [-0.3, -0.25) is 4.79 Å². The first-order chi connectivity index (χ1) is 8.96. The second kappa shape index (κ2) is 6.84. The number of benzene rings is 1. The van der Waals surface area contributed by atoms with Crippen molar-refractivity contribution in [3.63, 3.8) is 0 Å². The molecule has 0 fully saturated rings. The minimum absolute atomic E-state index is 0.144. The zero-order chi connectivity index (χ0) is 14.6. The number of methoxy groups -OCH3 is 3. The number of ether oxygens (including phenoxy) is 3. The van der Waals surface area contributed by atoms with Gasteiger partial charge in [0.1, 0.15) is 6.04 Å². The first-order valence-corrected chi connectivity index (χ1v) is 6.14. The standard InChI is InChI=1S/C12H15Cl2NO4/c1-17-9-5-7(13)6(10(14)11(9)18-2)4-8(15)12(16)19-3/h5,8H,4,15H2,1-3H3. The molecule has 0 aliphatic rings. The zero-order valence-corrected chi connectivity index (χ0v) is 12.3. The van der Waals surface area contributed by atoms with Crippen LogP contribution in [0.3, 0.4) is 0 Å². The molecule has 7 heteroatoms. The van der Waals surface area contributed by atoms with E-state index < -0.39 is 12.0 Å². The third-order valence-electron chi connectivity index (χ3n) is 2.59. The van der Waals surface area contributed by atoms with Gasteiger partial charge in [0.05, 0.1) is 26.4 Å². The molecule has 0 heterocycles. The van der Waals surface area contributed by atoms with Crippen molar-refractivity contribution in [3.05, 3.63) is 21.7 Å². The van der Waals surface area contributed by atoms with Crippen LogP contribution < -0.4 is 15.2 Å². The molecular formula is C12H15Cl2NO4. The van der Waals surface area contributed by atoms with Crippen LogP contribution in [0.15, 0.2) is 6.07 Å². The molecule has 0 saturated heterocycles. The number of halogens is 2. The van der Waals surface area contributed by atoms with Crippen molar-refractivity contribution in [1.82, 2.24) is 0 Å². The maximum atomic E-state index is 11.3. The number of esters is 1. The van der Waals surface area contributed by atoms with Gasteiger partial charge in [-0.25, -0.2) is 0 Å². The molecule has 1 rings (SSSR count). The van der Waals surface area contributed by atoms with Gasteiger partial charge in [-0.05, 0) is 5.56 Å². The summed E-state index contributed by atoms with van der Waals surface area (Å²) in [5, 5.41) is 0.619. The molecule has 0 radical (unpaired) electrons. The molecule has 0 aromatic heterocycles. The van der Waals surface area contributed by atoms with Gasteiger partial charge in [0, 0.05) is 17.5 Å². The summed E-state index contributed by atoms with van der Waals surface area (Å²) < 4.78 is 14.8. The van der Waals surface area contributed by atoms with Crippen molar-refractivity contribution in [3.8, 4) is 11.5 Å². The fourth-order valence-electron chi connectivity index (χ4n) is 1.60. The molecule has 0 spiro atoms. The Labute approximate surface area is 121 Å². The monoisotopic (exact) mass is 307 g/mol. The van der Waals surface area contributed by atoms with Crippen LogP contribution in [-0.4, -0.2) is 33.3 Å². The summed E-state index contributed by atoms with van der Waals surface area (Å²) in [6, 6.07) is 0.712. The predicted octanol–water partition coefficient (Wildman–Crippen LogP) is 2.05. The van der Waals surface area contributed by atoms with Crippen molar-refractivity contribution in [1.29, 1.82) is 0 Å². The van der Waals surface area contributed by atoms with E-state index in [-0.39, 0.29) is 11.4 Å². The molecule has 106 valence electrons. The van der Waals surface area contributed by atoms with Crippen LogP contribution >= 0.6 is 23.2 Å². The summed E-state index contributed by atoms with van der Waals surface area (Å²) in [5.74, 6) is 0.218. The topological polar surface area (TPSA) is 70.8 Å². The van der Waals surface area contributed by atoms with E-state index in [1.54, 1.807) is 6.07 Å². The molecule has 5 nitrogen and oxygen atoms in total. The lowest BCUT2D eigenvalue weighted by molar-refractivity contribution is -0.142. The van der Waals surface area contributed by atoms with Gasteiger partial charge in [-0.15, -0.1) is 0 Å². The molecule has 0 amide bonds. The molecule has 1 aromatic rings. The Morgan fingerprint density at radius 1 is 1.32 bits per heavy atom. The second-order valence-electron chi connectivity index (χ2n) is 3.72. The average Bonchev–Trinajstić information content (AvgIpc) is 2.41. The minimum Gasteiger partial charge on any atom is -0.493 e. The van der Waals surface area contributed by atoms with Gasteiger partial charge in [0.2, 0.25) is 0 Å². The Morgan fingerprint density at radius 3 is 2.42 bits per heavy atom. The Bertz CT molecular complexity index is 479. The maximum absolute atomic E-state index is 11.3. The number of hydrogen-bond acceptors (Lipinski definition) is 5. The average molecular weight is 308 g/mol. The first kappa shape index (κ1) is 15.9. The van der Waals surface area contributed by atoms with Crippen LogP contribution in [0.25, 0.3) is 0 Å². The SMILES string of the molecule is COC(=O)C(N)Cc1c(Cl)cc(OC)c(OC)c1Cl. The van der Waals surface area contributed by atoms with Crippen molar-refractivity contribution in [2.45, 2.75) is 12.5 Å². The van der Waals surface area contributed by atoms with E-state index >= 15 is 0 Å². The van der Waals surface area contributed by atoms with Crippen molar-refractivity contribution in [2.75, 3.05) is 21.3 Å². The molecule has 1 aromatic carbocycles. The van der Waals surface area contributed by atoms with Gasteiger partial charge < -0.3 is 19.9 Å². The van der Waals surface area contributed by atoms with E-state index in [0.717, 1.165) is 0 Å². The Morgan fingerprint density at radius 2 is 1.95 bits per heavy atom. The predicted molar refractivity (Wildman–Crippen MR) is 73.3 cm³/mol. The summed E-state index contributed by atoms with van der Waals surface area (Å²) in [7, 11) is 4.20. The maximum Gasteiger partial charge on any atom is 0.322 e. The summed E-state index contributed by atoms with van der Waals surface area (Å²) in [6.07, 6.45) is 0.144. The van der Waals surface area contributed by atoms with Gasteiger partial charge in [-0.1, -0.05) is 23.2 Å². The van der Waals surface area contributed by atoms with E-state index in [1.165, 1.54) is 21.3 Å². The van der Waals surface area contributed by atoms with Gasteiger partial charge >= 0.3 is 5.97 Å². The normalized spacial score (nSPS) is 11.9. The van der Waals surface area contributed by atoms with Gasteiger partial charge in [-0.2, -0.15) is 0 Å². The molecular weight excluding hydrogens is 293 g/mol. The number of nitrogens with two attached hydrogens (primary N) is 1. The van der Waals surface area contributed by atoms with Crippen LogP contribution in [0.2, 0.25) is 10.0 Å². The highest BCUT2D eigenvalue weighted by molar-refractivity contribution is 6.37. The minimum atomic E-state index is -0.849. The fourth-order valence-corrected chi connectivity index (χ4v) is 2.27. The lowest BCUT2D eigenvalue weighted by Gasteiger charge is -2.16. The third-order valence-corrected chi connectivity index (χ3v) is 3.32. The largest absolute Gasteiger partial charge is 0.493 e. The summed E-state index contributed by atoms with van der Waals surface area (Å²) in [5.41, 5.74) is 6.21. The van der Waals surface area contributed by atoms with Gasteiger partial charge in [0.15, 0.2) is 11.5 Å². The van der Waals surface area contributed by atoms with Crippen LogP contribution in [0.5, 0.6) is 11.5 Å². The molecule has 0 aliphatic heterocycles. The fraction of sp³-hybridized carbons (Fsp3) is 0.417. The van der Waals surface area contributed by atoms with Crippen molar-refractivity contribution >= 4 is 29.2 Å². The van der Waals surface area contributed by atoms with E-state index in [9.17, 15) is 4.79 Å². The second-order valence-corrected chi connectivity index (χ2v) is 4.51. The molecule has 0 saturated carbocycles. The zero-order valence-electron chi connectivity index (χ0n) is 10.8. The van der Waals surface area contributed by atoms with E-state index in [0.29, 0.717) is 22.1 Å². The van der Waals surface area contributed by atoms with E-state index in [1.807, 2.05) is 0 Å². The number of carbonyl (C=O) groups excluding carboxylic acids is 1. The highest BCUT2D eigenvalue weighted by Crippen LogP contribution is 2.41. The lowest BCUT2D eigenvalue weighted by Crippen LogP contribution is -2.33. The summed E-state index contributed by atoms with van der Waals surface area (Å²) >= 11 is 12.3. The number of hydrogen-bond donors (Lipinski definition) is 1. The van der Waals surface area contributed by atoms with E-state index in [4.69, 9.17) is 38.4 Å². The molecule has 19 heavy (non-hydrogen) atoms. The number of rotatable bonds is 5.